The SMILES string of the molecule is COCCSCC(=O)N1CCSCC1C(=O)O. The maximum Gasteiger partial charge on any atom is 0.327 e. The number of nitrogens with zero attached hydrogens (tertiary/aromatic N) is 1. The number of carbonyl (C=O) groups excluding carboxylic acids is 1. The van der Waals surface area contributed by atoms with Crippen LogP contribution in [0, 0.1) is 0 Å². The van der Waals surface area contributed by atoms with Crippen molar-refractivity contribution in [1.29, 1.82) is 0 Å². The highest BCUT2D eigenvalue weighted by Gasteiger charge is 2.31. The Morgan fingerprint density at radius 1 is 1.59 bits per heavy atom. The zero-order valence-corrected chi connectivity index (χ0v) is 11.4. The third-order valence-corrected chi connectivity index (χ3v) is 4.32. The minimum Gasteiger partial charge on any atom is -0.480 e. The molecule has 98 valence electrons. The maximum atomic E-state index is 11.9. The lowest BCUT2D eigenvalue weighted by Gasteiger charge is -2.32. The predicted octanol–water partition coefficient (Wildman–Crippen LogP) is 0.395. The lowest BCUT2D eigenvalue weighted by molar-refractivity contribution is -0.148. The van der Waals surface area contributed by atoms with Gasteiger partial charge in [-0.05, 0) is 0 Å². The van der Waals surface area contributed by atoms with Crippen molar-refractivity contribution < 1.29 is 19.4 Å². The summed E-state index contributed by atoms with van der Waals surface area (Å²) in [5.74, 6) is 1.40. The molecule has 17 heavy (non-hydrogen) atoms. The predicted molar refractivity (Wildman–Crippen MR) is 69.7 cm³/mol. The summed E-state index contributed by atoms with van der Waals surface area (Å²) in [7, 11) is 1.62. The molecule has 1 atom stereocenters. The second-order valence-electron chi connectivity index (χ2n) is 3.56. The minimum absolute atomic E-state index is 0.0844. The van der Waals surface area contributed by atoms with Crippen LogP contribution in [0.15, 0.2) is 0 Å². The van der Waals surface area contributed by atoms with E-state index in [2.05, 4.69) is 0 Å². The Morgan fingerprint density at radius 2 is 2.35 bits per heavy atom. The average Bonchev–Trinajstić information content (AvgIpc) is 2.34. The van der Waals surface area contributed by atoms with Gasteiger partial charge in [-0.2, -0.15) is 11.8 Å². The number of aliphatic carboxylic acids is 1. The molecule has 0 saturated carbocycles. The first-order chi connectivity index (χ1) is 8.16. The maximum absolute atomic E-state index is 11.9. The number of carboxylic acid groups (broad SMARTS) is 1. The largest absolute Gasteiger partial charge is 0.480 e. The van der Waals surface area contributed by atoms with Crippen molar-refractivity contribution in [2.24, 2.45) is 0 Å². The van der Waals surface area contributed by atoms with Crippen molar-refractivity contribution in [2.45, 2.75) is 6.04 Å². The first-order valence-electron chi connectivity index (χ1n) is 5.33. The Hall–Kier alpha value is -0.400. The van der Waals surface area contributed by atoms with E-state index in [0.717, 1.165) is 11.5 Å². The molecule has 1 N–H and O–H groups in total. The summed E-state index contributed by atoms with van der Waals surface area (Å²) in [6.45, 7) is 1.14. The Bertz CT molecular complexity index is 275. The highest BCUT2D eigenvalue weighted by molar-refractivity contribution is 8.00. The summed E-state index contributed by atoms with van der Waals surface area (Å²) in [6, 6.07) is -0.663. The number of thioether (sulfide) groups is 2. The normalized spacial score (nSPS) is 20.3. The van der Waals surface area contributed by atoms with Crippen LogP contribution in [0.1, 0.15) is 0 Å². The number of hydrogen-bond donors (Lipinski definition) is 1. The molecule has 0 aromatic heterocycles. The summed E-state index contributed by atoms with van der Waals surface area (Å²) < 4.78 is 4.89. The van der Waals surface area contributed by atoms with Gasteiger partial charge in [0, 0.05) is 30.9 Å². The van der Waals surface area contributed by atoms with Crippen LogP contribution >= 0.6 is 23.5 Å². The van der Waals surface area contributed by atoms with E-state index in [9.17, 15) is 9.59 Å². The molecule has 0 spiro atoms. The smallest absolute Gasteiger partial charge is 0.327 e. The van der Waals surface area contributed by atoms with Gasteiger partial charge in [0.15, 0.2) is 0 Å². The molecule has 1 aliphatic rings. The first-order valence-corrected chi connectivity index (χ1v) is 7.64. The van der Waals surface area contributed by atoms with Gasteiger partial charge in [0.1, 0.15) is 6.04 Å². The standard InChI is InChI=1S/C10H17NO4S2/c1-15-3-5-17-7-9(12)11-2-4-16-6-8(11)10(13)14/h8H,2-7H2,1H3,(H,13,14). The van der Waals surface area contributed by atoms with E-state index in [1.807, 2.05) is 0 Å². The van der Waals surface area contributed by atoms with E-state index in [1.165, 1.54) is 16.7 Å². The fraction of sp³-hybridized carbons (Fsp3) is 0.800. The van der Waals surface area contributed by atoms with Crippen molar-refractivity contribution >= 4 is 35.4 Å². The second kappa shape index (κ2) is 7.84. The third-order valence-electron chi connectivity index (χ3n) is 2.39. The zero-order chi connectivity index (χ0) is 12.7. The molecule has 1 amide bonds. The van der Waals surface area contributed by atoms with Crippen LogP contribution in [0.3, 0.4) is 0 Å². The van der Waals surface area contributed by atoms with Gasteiger partial charge >= 0.3 is 5.97 Å². The number of carbonyl (C=O) groups is 2. The van der Waals surface area contributed by atoms with Crippen molar-refractivity contribution in [3.8, 4) is 0 Å². The molecule has 0 aromatic rings. The van der Waals surface area contributed by atoms with Crippen LogP contribution in [0.5, 0.6) is 0 Å². The highest BCUT2D eigenvalue weighted by Crippen LogP contribution is 2.18. The number of ether oxygens (including phenoxy) is 1. The van der Waals surface area contributed by atoms with Gasteiger partial charge in [-0.15, -0.1) is 11.8 Å². The van der Waals surface area contributed by atoms with Crippen molar-refractivity contribution in [3.05, 3.63) is 0 Å². The quantitative estimate of drug-likeness (QED) is 0.710. The molecule has 1 rings (SSSR count). The second-order valence-corrected chi connectivity index (χ2v) is 5.82. The van der Waals surface area contributed by atoms with Gasteiger partial charge in [-0.3, -0.25) is 4.79 Å². The van der Waals surface area contributed by atoms with E-state index < -0.39 is 12.0 Å². The van der Waals surface area contributed by atoms with E-state index in [1.54, 1.807) is 18.9 Å². The monoisotopic (exact) mass is 279 g/mol. The topological polar surface area (TPSA) is 66.8 Å². The molecule has 1 heterocycles. The fourth-order valence-electron chi connectivity index (χ4n) is 1.49. The van der Waals surface area contributed by atoms with E-state index in [0.29, 0.717) is 24.7 Å². The van der Waals surface area contributed by atoms with E-state index in [4.69, 9.17) is 9.84 Å². The molecule has 1 saturated heterocycles. The Balaban J connectivity index is 2.39. The van der Waals surface area contributed by atoms with Crippen LogP contribution in [0.2, 0.25) is 0 Å². The van der Waals surface area contributed by atoms with Gasteiger partial charge in [-0.25, -0.2) is 4.79 Å². The zero-order valence-electron chi connectivity index (χ0n) is 9.76. The van der Waals surface area contributed by atoms with Gasteiger partial charge in [0.05, 0.1) is 12.4 Å². The summed E-state index contributed by atoms with van der Waals surface area (Å²) >= 11 is 3.06. The molecule has 7 heteroatoms. The number of amides is 1. The van der Waals surface area contributed by atoms with Crippen LogP contribution < -0.4 is 0 Å². The van der Waals surface area contributed by atoms with Gasteiger partial charge < -0.3 is 14.7 Å². The summed E-state index contributed by atoms with van der Waals surface area (Å²) in [5.41, 5.74) is 0. The average molecular weight is 279 g/mol. The number of rotatable bonds is 6. The molecular formula is C10H17NO4S2. The van der Waals surface area contributed by atoms with Gasteiger partial charge in [0.25, 0.3) is 0 Å². The fourth-order valence-corrected chi connectivity index (χ4v) is 3.30. The summed E-state index contributed by atoms with van der Waals surface area (Å²) in [5, 5.41) is 9.03. The molecule has 0 radical (unpaired) electrons. The number of methoxy groups -OCH3 is 1. The first kappa shape index (κ1) is 14.7. The Labute approximate surface area is 109 Å². The number of hydrogen-bond acceptors (Lipinski definition) is 5. The van der Waals surface area contributed by atoms with E-state index in [-0.39, 0.29) is 5.91 Å². The highest BCUT2D eigenvalue weighted by atomic mass is 32.2. The minimum atomic E-state index is -0.910. The molecule has 1 aliphatic heterocycles. The van der Waals surface area contributed by atoms with E-state index >= 15 is 0 Å². The van der Waals surface area contributed by atoms with Crippen LogP contribution in [0.25, 0.3) is 0 Å². The molecule has 0 bridgehead atoms. The molecule has 1 unspecified atom stereocenters. The molecule has 5 nitrogen and oxygen atoms in total. The van der Waals surface area contributed by atoms with Crippen LogP contribution in [0.4, 0.5) is 0 Å². The Morgan fingerprint density at radius 3 is 3.00 bits per heavy atom. The lowest BCUT2D eigenvalue weighted by atomic mass is 10.2. The van der Waals surface area contributed by atoms with Gasteiger partial charge in [-0.1, -0.05) is 0 Å². The summed E-state index contributed by atoms with van der Waals surface area (Å²) in [6.07, 6.45) is 0. The summed E-state index contributed by atoms with van der Waals surface area (Å²) in [4.78, 5) is 24.4. The lowest BCUT2D eigenvalue weighted by Crippen LogP contribution is -2.51. The molecule has 0 aliphatic carbocycles. The number of carboxylic acids is 1. The molecule has 0 aromatic carbocycles. The molecular weight excluding hydrogens is 262 g/mol. The van der Waals surface area contributed by atoms with Gasteiger partial charge in [0.2, 0.25) is 5.91 Å². The van der Waals surface area contributed by atoms with Crippen LogP contribution in [-0.2, 0) is 14.3 Å². The molecule has 1 fully saturated rings. The van der Waals surface area contributed by atoms with Crippen molar-refractivity contribution in [1.82, 2.24) is 4.90 Å². The van der Waals surface area contributed by atoms with Crippen molar-refractivity contribution in [2.75, 3.05) is 43.3 Å². The van der Waals surface area contributed by atoms with Crippen molar-refractivity contribution in [3.63, 3.8) is 0 Å². The Kier molecular flexibility index (Phi) is 6.76. The van der Waals surface area contributed by atoms with Crippen LogP contribution in [-0.4, -0.2) is 71.2 Å². The third kappa shape index (κ3) is 4.77.